The molecule has 0 saturated carbocycles. The van der Waals surface area contributed by atoms with E-state index in [2.05, 4.69) is 22.9 Å². The standard InChI is InChI=1S/C21H24N2O2/c1-14-10-17(19(24)11-15(14)2)13-23-9-5-6-16(12-23)21-22-18-7-3-4-8-20(18)25-21/h3-4,7-8,10-11,16,24H,5-6,9,12-13H2,1-2H3. The third-order valence-corrected chi connectivity index (χ3v) is 5.25. The Balaban J connectivity index is 1.52. The van der Waals surface area contributed by atoms with Crippen LogP contribution in [-0.4, -0.2) is 28.1 Å². The fraction of sp³-hybridized carbons (Fsp3) is 0.381. The van der Waals surface area contributed by atoms with Crippen LogP contribution in [0, 0.1) is 13.8 Å². The molecule has 1 aliphatic rings. The van der Waals surface area contributed by atoms with Gasteiger partial charge in [-0.2, -0.15) is 0 Å². The number of piperidine rings is 1. The van der Waals surface area contributed by atoms with Crippen LogP contribution < -0.4 is 0 Å². The molecule has 3 aromatic rings. The Kier molecular flexibility index (Phi) is 4.22. The van der Waals surface area contributed by atoms with Crippen molar-refractivity contribution in [1.29, 1.82) is 0 Å². The lowest BCUT2D eigenvalue weighted by molar-refractivity contribution is 0.185. The zero-order valence-corrected chi connectivity index (χ0v) is 14.8. The molecule has 0 aliphatic carbocycles. The molecule has 0 spiro atoms. The highest BCUT2D eigenvalue weighted by atomic mass is 16.3. The maximum absolute atomic E-state index is 10.3. The number of hydrogen-bond donors (Lipinski definition) is 1. The van der Waals surface area contributed by atoms with Crippen molar-refractivity contribution >= 4 is 11.1 Å². The van der Waals surface area contributed by atoms with Crippen LogP contribution in [0.4, 0.5) is 0 Å². The van der Waals surface area contributed by atoms with E-state index in [9.17, 15) is 5.11 Å². The fourth-order valence-corrected chi connectivity index (χ4v) is 3.69. The van der Waals surface area contributed by atoms with Crippen LogP contribution in [0.1, 0.15) is 41.3 Å². The number of hydrogen-bond acceptors (Lipinski definition) is 4. The molecule has 1 saturated heterocycles. The van der Waals surface area contributed by atoms with E-state index in [-0.39, 0.29) is 0 Å². The summed E-state index contributed by atoms with van der Waals surface area (Å²) in [5.41, 5.74) is 5.15. The Hall–Kier alpha value is -2.33. The van der Waals surface area contributed by atoms with Crippen LogP contribution in [0.2, 0.25) is 0 Å². The van der Waals surface area contributed by atoms with Gasteiger partial charge in [0.25, 0.3) is 0 Å². The second-order valence-electron chi connectivity index (χ2n) is 7.16. The highest BCUT2D eigenvalue weighted by Crippen LogP contribution is 2.31. The van der Waals surface area contributed by atoms with Crippen LogP contribution in [0.15, 0.2) is 40.8 Å². The molecule has 1 aliphatic heterocycles. The lowest BCUT2D eigenvalue weighted by Crippen LogP contribution is -2.34. The highest BCUT2D eigenvalue weighted by molar-refractivity contribution is 5.72. The van der Waals surface area contributed by atoms with E-state index in [1.54, 1.807) is 0 Å². The number of aromatic nitrogens is 1. The van der Waals surface area contributed by atoms with Gasteiger partial charge in [-0.1, -0.05) is 18.2 Å². The Morgan fingerprint density at radius 2 is 2.00 bits per heavy atom. The SMILES string of the molecule is Cc1cc(O)c(CN2CCCC(c3nc4ccccc4o3)C2)cc1C. The summed E-state index contributed by atoms with van der Waals surface area (Å²) in [6.45, 7) is 6.85. The zero-order chi connectivity index (χ0) is 17.4. The van der Waals surface area contributed by atoms with Gasteiger partial charge in [-0.3, -0.25) is 4.90 Å². The van der Waals surface area contributed by atoms with Gasteiger partial charge in [-0.05, 0) is 62.6 Å². The van der Waals surface area contributed by atoms with E-state index in [0.717, 1.165) is 60.6 Å². The number of aromatic hydroxyl groups is 1. The molecule has 1 N–H and O–H groups in total. The van der Waals surface area contributed by atoms with E-state index in [1.807, 2.05) is 37.3 Å². The molecular weight excluding hydrogens is 312 g/mol. The first-order valence-corrected chi connectivity index (χ1v) is 8.97. The number of phenols is 1. The third kappa shape index (κ3) is 3.27. The van der Waals surface area contributed by atoms with Gasteiger partial charge in [-0.15, -0.1) is 0 Å². The molecule has 1 aromatic heterocycles. The summed E-state index contributed by atoms with van der Waals surface area (Å²) in [7, 11) is 0. The van der Waals surface area contributed by atoms with E-state index < -0.39 is 0 Å². The van der Waals surface area contributed by atoms with Gasteiger partial charge in [0.15, 0.2) is 11.5 Å². The van der Waals surface area contributed by atoms with Crippen LogP contribution >= 0.6 is 0 Å². The van der Waals surface area contributed by atoms with Crippen molar-refractivity contribution in [1.82, 2.24) is 9.88 Å². The van der Waals surface area contributed by atoms with Crippen LogP contribution in [-0.2, 0) is 6.54 Å². The van der Waals surface area contributed by atoms with E-state index in [0.29, 0.717) is 11.7 Å². The topological polar surface area (TPSA) is 49.5 Å². The number of benzene rings is 2. The average molecular weight is 336 g/mol. The van der Waals surface area contributed by atoms with Gasteiger partial charge in [0.05, 0.1) is 0 Å². The minimum absolute atomic E-state index is 0.315. The van der Waals surface area contributed by atoms with Gasteiger partial charge >= 0.3 is 0 Å². The fourth-order valence-electron chi connectivity index (χ4n) is 3.69. The van der Waals surface area contributed by atoms with Gasteiger partial charge in [0.1, 0.15) is 11.3 Å². The first kappa shape index (κ1) is 16.2. The smallest absolute Gasteiger partial charge is 0.199 e. The normalized spacial score (nSPS) is 18.7. The first-order chi connectivity index (χ1) is 12.1. The van der Waals surface area contributed by atoms with Crippen molar-refractivity contribution in [2.45, 2.75) is 39.2 Å². The van der Waals surface area contributed by atoms with Crippen molar-refractivity contribution < 1.29 is 9.52 Å². The number of para-hydroxylation sites is 2. The Labute approximate surface area is 148 Å². The average Bonchev–Trinajstić information content (AvgIpc) is 3.04. The number of oxazole rings is 1. The number of nitrogens with zero attached hydrogens (tertiary/aromatic N) is 2. The van der Waals surface area contributed by atoms with Crippen molar-refractivity contribution in [2.75, 3.05) is 13.1 Å². The zero-order valence-electron chi connectivity index (χ0n) is 14.8. The van der Waals surface area contributed by atoms with Crippen LogP contribution in [0.25, 0.3) is 11.1 Å². The largest absolute Gasteiger partial charge is 0.508 e. The summed E-state index contributed by atoms with van der Waals surface area (Å²) in [6.07, 6.45) is 2.22. The minimum atomic E-state index is 0.315. The molecule has 0 bridgehead atoms. The summed E-state index contributed by atoms with van der Waals surface area (Å²) in [5.74, 6) is 1.55. The minimum Gasteiger partial charge on any atom is -0.508 e. The molecule has 1 unspecified atom stereocenters. The molecule has 4 nitrogen and oxygen atoms in total. The summed E-state index contributed by atoms with van der Waals surface area (Å²) < 4.78 is 5.98. The van der Waals surface area contributed by atoms with Crippen molar-refractivity contribution in [3.63, 3.8) is 0 Å². The molecule has 4 rings (SSSR count). The molecule has 2 aromatic carbocycles. The molecule has 0 amide bonds. The van der Waals surface area contributed by atoms with E-state index in [1.165, 1.54) is 5.56 Å². The van der Waals surface area contributed by atoms with Crippen molar-refractivity contribution in [3.8, 4) is 5.75 Å². The second kappa shape index (κ2) is 6.52. The number of rotatable bonds is 3. The van der Waals surface area contributed by atoms with Gasteiger partial charge < -0.3 is 9.52 Å². The third-order valence-electron chi connectivity index (χ3n) is 5.25. The predicted octanol–water partition coefficient (Wildman–Crippen LogP) is 4.53. The number of likely N-dealkylation sites (tertiary alicyclic amines) is 1. The van der Waals surface area contributed by atoms with Crippen molar-refractivity contribution in [3.05, 3.63) is 59.0 Å². The molecule has 25 heavy (non-hydrogen) atoms. The van der Waals surface area contributed by atoms with Crippen LogP contribution in [0.3, 0.4) is 0 Å². The summed E-state index contributed by atoms with van der Waals surface area (Å²) in [4.78, 5) is 7.07. The Morgan fingerprint density at radius 3 is 2.84 bits per heavy atom. The van der Waals surface area contributed by atoms with Gasteiger partial charge in [0.2, 0.25) is 0 Å². The molecule has 2 heterocycles. The van der Waals surface area contributed by atoms with Gasteiger partial charge in [0, 0.05) is 24.6 Å². The molecule has 1 atom stereocenters. The number of phenolic OH excluding ortho intramolecular Hbond substituents is 1. The van der Waals surface area contributed by atoms with Crippen molar-refractivity contribution in [2.24, 2.45) is 0 Å². The second-order valence-corrected chi connectivity index (χ2v) is 7.16. The Bertz CT molecular complexity index is 867. The predicted molar refractivity (Wildman–Crippen MR) is 98.8 cm³/mol. The molecule has 130 valence electrons. The summed E-state index contributed by atoms with van der Waals surface area (Å²) in [5, 5.41) is 10.3. The Morgan fingerprint density at radius 1 is 1.20 bits per heavy atom. The molecule has 0 radical (unpaired) electrons. The van der Waals surface area contributed by atoms with Gasteiger partial charge in [-0.25, -0.2) is 4.98 Å². The van der Waals surface area contributed by atoms with Crippen LogP contribution in [0.5, 0.6) is 5.75 Å². The maximum atomic E-state index is 10.3. The number of aryl methyl sites for hydroxylation is 2. The van der Waals surface area contributed by atoms with E-state index >= 15 is 0 Å². The maximum Gasteiger partial charge on any atom is 0.199 e. The monoisotopic (exact) mass is 336 g/mol. The lowest BCUT2D eigenvalue weighted by Gasteiger charge is -2.31. The van der Waals surface area contributed by atoms with E-state index in [4.69, 9.17) is 4.42 Å². The quantitative estimate of drug-likeness (QED) is 0.763. The molecule has 1 fully saturated rings. The number of fused-ring (bicyclic) bond motifs is 1. The summed E-state index contributed by atoms with van der Waals surface area (Å²) in [6, 6.07) is 11.9. The lowest BCUT2D eigenvalue weighted by atomic mass is 9.97. The highest BCUT2D eigenvalue weighted by Gasteiger charge is 2.26. The first-order valence-electron chi connectivity index (χ1n) is 8.97. The molecule has 4 heteroatoms. The summed E-state index contributed by atoms with van der Waals surface area (Å²) >= 11 is 0. The molecular formula is C21H24N2O2.